The quantitative estimate of drug-likeness (QED) is 0.426. The molecular weight excluding hydrogens is 160 g/mol. The first-order valence-corrected chi connectivity index (χ1v) is 3.58. The largest absolute Gasteiger partial charge is 0.509 e. The summed E-state index contributed by atoms with van der Waals surface area (Å²) in [5.41, 5.74) is -1.41. The molecule has 1 rings (SSSR count). The molecule has 0 aromatic rings. The topological polar surface area (TPSA) is 80.9 Å². The molecule has 0 saturated carbocycles. The van der Waals surface area contributed by atoms with Gasteiger partial charge in [-0.05, 0) is 19.9 Å². The summed E-state index contributed by atoms with van der Waals surface area (Å²) in [6, 6.07) is 0. The van der Waals surface area contributed by atoms with Crippen LogP contribution in [0, 0.1) is 0 Å². The molecular formula is C8H12O4. The molecule has 0 bridgehead atoms. The van der Waals surface area contributed by atoms with Gasteiger partial charge in [-0.25, -0.2) is 0 Å². The van der Waals surface area contributed by atoms with Gasteiger partial charge in [0.15, 0.2) is 0 Å². The summed E-state index contributed by atoms with van der Waals surface area (Å²) in [6.07, 6.45) is -0.190. The normalized spacial score (nSPS) is 36.7. The summed E-state index contributed by atoms with van der Waals surface area (Å²) in [4.78, 5) is 0. The predicted octanol–water partition coefficient (Wildman–Crippen LogP) is 0.386. The number of hydrogen-bond donors (Lipinski definition) is 4. The van der Waals surface area contributed by atoms with Gasteiger partial charge in [0.1, 0.15) is 23.2 Å². The van der Waals surface area contributed by atoms with Crippen molar-refractivity contribution in [1.29, 1.82) is 0 Å². The fraction of sp³-hybridized carbons (Fsp3) is 0.500. The van der Waals surface area contributed by atoms with Crippen molar-refractivity contribution in [2.45, 2.75) is 25.6 Å². The van der Waals surface area contributed by atoms with E-state index in [1.54, 1.807) is 0 Å². The lowest BCUT2D eigenvalue weighted by Gasteiger charge is -2.28. The van der Waals surface area contributed by atoms with E-state index in [-0.39, 0.29) is 17.1 Å². The van der Waals surface area contributed by atoms with E-state index >= 15 is 0 Å². The fourth-order valence-electron chi connectivity index (χ4n) is 1.19. The third-order valence-corrected chi connectivity index (χ3v) is 1.97. The molecule has 0 heterocycles. The van der Waals surface area contributed by atoms with Crippen LogP contribution in [0.4, 0.5) is 0 Å². The maximum absolute atomic E-state index is 9.45. The molecule has 4 N–H and O–H groups in total. The van der Waals surface area contributed by atoms with Crippen LogP contribution >= 0.6 is 0 Å². The Morgan fingerprint density at radius 3 is 2.42 bits per heavy atom. The van der Waals surface area contributed by atoms with Crippen LogP contribution in [0.1, 0.15) is 13.8 Å². The van der Waals surface area contributed by atoms with E-state index < -0.39 is 11.7 Å². The molecule has 0 amide bonds. The first-order chi connectivity index (χ1) is 5.36. The van der Waals surface area contributed by atoms with Gasteiger partial charge in [0, 0.05) is 5.57 Å². The second-order valence-corrected chi connectivity index (χ2v) is 3.15. The van der Waals surface area contributed by atoms with Gasteiger partial charge in [0.05, 0.1) is 0 Å². The predicted molar refractivity (Wildman–Crippen MR) is 42.7 cm³/mol. The highest BCUT2D eigenvalue weighted by Gasteiger charge is 2.34. The van der Waals surface area contributed by atoms with Crippen molar-refractivity contribution in [2.24, 2.45) is 0 Å². The molecule has 0 saturated heterocycles. The molecule has 0 aliphatic heterocycles. The summed E-state index contributed by atoms with van der Waals surface area (Å²) in [5.74, 6) is -0.650. The van der Waals surface area contributed by atoms with Crippen molar-refractivity contribution in [3.05, 3.63) is 23.2 Å². The Hall–Kier alpha value is -1.00. The molecule has 0 radical (unpaired) electrons. The highest BCUT2D eigenvalue weighted by Crippen LogP contribution is 2.29. The van der Waals surface area contributed by atoms with Gasteiger partial charge in [-0.3, -0.25) is 0 Å². The van der Waals surface area contributed by atoms with Gasteiger partial charge in [0.2, 0.25) is 0 Å². The first kappa shape index (κ1) is 9.09. The SMILES string of the molecule is CC1=C(O)C(C)(O)C=C(O)C1O. The van der Waals surface area contributed by atoms with E-state index in [9.17, 15) is 15.3 Å². The van der Waals surface area contributed by atoms with Crippen LogP contribution in [0.5, 0.6) is 0 Å². The van der Waals surface area contributed by atoms with Gasteiger partial charge in [-0.2, -0.15) is 0 Å². The Bertz CT molecular complexity index is 262. The molecule has 2 atom stereocenters. The third kappa shape index (κ3) is 1.19. The minimum absolute atomic E-state index is 0.167. The zero-order valence-electron chi connectivity index (χ0n) is 6.94. The molecule has 1 aliphatic rings. The highest BCUT2D eigenvalue weighted by molar-refractivity contribution is 5.34. The van der Waals surface area contributed by atoms with Crippen molar-refractivity contribution < 1.29 is 20.4 Å². The lowest BCUT2D eigenvalue weighted by Crippen LogP contribution is -2.33. The highest BCUT2D eigenvalue weighted by atomic mass is 16.3. The van der Waals surface area contributed by atoms with Crippen LogP contribution in [-0.2, 0) is 0 Å². The zero-order chi connectivity index (χ0) is 9.52. The molecule has 1 aliphatic carbocycles. The van der Waals surface area contributed by atoms with Crippen LogP contribution < -0.4 is 0 Å². The molecule has 0 fully saturated rings. The Labute approximate surface area is 70.1 Å². The number of rotatable bonds is 0. The van der Waals surface area contributed by atoms with Crippen molar-refractivity contribution in [3.63, 3.8) is 0 Å². The number of hydrogen-bond acceptors (Lipinski definition) is 4. The average Bonchev–Trinajstić information content (AvgIpc) is 1.97. The zero-order valence-corrected chi connectivity index (χ0v) is 6.94. The molecule has 0 spiro atoms. The fourth-order valence-corrected chi connectivity index (χ4v) is 1.19. The van der Waals surface area contributed by atoms with Gasteiger partial charge in [-0.1, -0.05) is 0 Å². The van der Waals surface area contributed by atoms with Crippen LogP contribution in [0.25, 0.3) is 0 Å². The van der Waals surface area contributed by atoms with Crippen molar-refractivity contribution >= 4 is 0 Å². The van der Waals surface area contributed by atoms with Gasteiger partial charge >= 0.3 is 0 Å². The van der Waals surface area contributed by atoms with Crippen LogP contribution in [0.2, 0.25) is 0 Å². The monoisotopic (exact) mass is 172 g/mol. The summed E-state index contributed by atoms with van der Waals surface area (Å²) in [6.45, 7) is 2.77. The minimum Gasteiger partial charge on any atom is -0.509 e. The van der Waals surface area contributed by atoms with E-state index in [1.807, 2.05) is 0 Å². The summed E-state index contributed by atoms with van der Waals surface area (Å²) < 4.78 is 0. The number of aliphatic hydroxyl groups is 4. The van der Waals surface area contributed by atoms with Gasteiger partial charge in [0.25, 0.3) is 0 Å². The smallest absolute Gasteiger partial charge is 0.140 e. The molecule has 2 unspecified atom stereocenters. The van der Waals surface area contributed by atoms with Crippen molar-refractivity contribution in [3.8, 4) is 0 Å². The van der Waals surface area contributed by atoms with Crippen molar-refractivity contribution in [1.82, 2.24) is 0 Å². The maximum Gasteiger partial charge on any atom is 0.140 e. The summed E-state index contributed by atoms with van der Waals surface area (Å²) >= 11 is 0. The van der Waals surface area contributed by atoms with E-state index in [1.165, 1.54) is 13.8 Å². The lowest BCUT2D eigenvalue weighted by atomic mass is 9.90. The van der Waals surface area contributed by atoms with E-state index in [0.717, 1.165) is 6.08 Å². The van der Waals surface area contributed by atoms with Crippen LogP contribution in [0.15, 0.2) is 23.2 Å². The Balaban J connectivity index is 3.15. The van der Waals surface area contributed by atoms with E-state index in [4.69, 9.17) is 5.11 Å². The Morgan fingerprint density at radius 1 is 1.42 bits per heavy atom. The molecule has 0 aromatic heterocycles. The van der Waals surface area contributed by atoms with E-state index in [0.29, 0.717) is 0 Å². The third-order valence-electron chi connectivity index (χ3n) is 1.97. The van der Waals surface area contributed by atoms with Gasteiger partial charge in [-0.15, -0.1) is 0 Å². The average molecular weight is 172 g/mol. The van der Waals surface area contributed by atoms with E-state index in [2.05, 4.69) is 0 Å². The Morgan fingerprint density at radius 2 is 1.92 bits per heavy atom. The number of aliphatic hydroxyl groups excluding tert-OH is 3. The first-order valence-electron chi connectivity index (χ1n) is 3.58. The molecule has 4 nitrogen and oxygen atoms in total. The lowest BCUT2D eigenvalue weighted by molar-refractivity contribution is 0.0693. The Kier molecular flexibility index (Phi) is 1.89. The standard InChI is InChI=1S/C8H12O4/c1-4-6(10)5(9)3-8(2,12)7(4)11/h3,6,9-12H,1-2H3. The second-order valence-electron chi connectivity index (χ2n) is 3.15. The molecule has 68 valence electrons. The maximum atomic E-state index is 9.45. The minimum atomic E-state index is -1.58. The summed E-state index contributed by atoms with van der Waals surface area (Å²) in [7, 11) is 0. The van der Waals surface area contributed by atoms with Crippen LogP contribution in [0.3, 0.4) is 0 Å². The summed E-state index contributed by atoms with van der Waals surface area (Å²) in [5, 5.41) is 37.1. The van der Waals surface area contributed by atoms with Crippen LogP contribution in [-0.4, -0.2) is 32.1 Å². The second kappa shape index (κ2) is 2.50. The van der Waals surface area contributed by atoms with Gasteiger partial charge < -0.3 is 20.4 Å². The van der Waals surface area contributed by atoms with Crippen molar-refractivity contribution in [2.75, 3.05) is 0 Å². The molecule has 12 heavy (non-hydrogen) atoms. The molecule has 4 heteroatoms. The molecule has 0 aromatic carbocycles.